The topological polar surface area (TPSA) is 9.23 Å². The van der Waals surface area contributed by atoms with Crippen LogP contribution in [0.4, 0.5) is 0 Å². The van der Waals surface area contributed by atoms with Gasteiger partial charge < -0.3 is 4.74 Å². The molecule has 0 N–H and O–H groups in total. The largest absolute Gasteiger partial charge is 0.381 e. The Morgan fingerprint density at radius 3 is 2.86 bits per heavy atom. The quantitative estimate of drug-likeness (QED) is 0.745. The molecule has 0 bridgehead atoms. The lowest BCUT2D eigenvalue weighted by molar-refractivity contribution is 0.186. The Bertz CT molecular complexity index is 315. The monoisotopic (exact) mass is 274 g/mol. The number of alkyl halides is 1. The first kappa shape index (κ1) is 10.7. The molecule has 1 nitrogen and oxygen atoms in total. The molecular formula is C11H15BrOS. The average Bonchev–Trinajstić information content (AvgIpc) is 2.73. The van der Waals surface area contributed by atoms with Gasteiger partial charge in [0.05, 0.1) is 11.4 Å². The smallest absolute Gasteiger partial charge is 0.0542 e. The minimum absolute atomic E-state index is 0.490. The van der Waals surface area contributed by atoms with Gasteiger partial charge in [-0.3, -0.25) is 0 Å². The van der Waals surface area contributed by atoms with Crippen molar-refractivity contribution in [3.63, 3.8) is 0 Å². The van der Waals surface area contributed by atoms with E-state index in [2.05, 4.69) is 35.8 Å². The second-order valence-corrected chi connectivity index (χ2v) is 6.20. The van der Waals surface area contributed by atoms with Crippen LogP contribution in [0.1, 0.15) is 26.6 Å². The summed E-state index contributed by atoms with van der Waals surface area (Å²) < 4.78 is 5.42. The lowest BCUT2D eigenvalue weighted by Crippen LogP contribution is -2.06. The van der Waals surface area contributed by atoms with Crippen molar-refractivity contribution in [1.29, 1.82) is 0 Å². The van der Waals surface area contributed by atoms with E-state index in [9.17, 15) is 0 Å². The van der Waals surface area contributed by atoms with Crippen LogP contribution >= 0.6 is 27.3 Å². The molecule has 78 valence electrons. The van der Waals surface area contributed by atoms with Crippen LogP contribution < -0.4 is 0 Å². The van der Waals surface area contributed by atoms with E-state index >= 15 is 0 Å². The van der Waals surface area contributed by atoms with E-state index in [0.29, 0.717) is 10.7 Å². The molecule has 2 rings (SSSR count). The molecule has 0 radical (unpaired) electrons. The summed E-state index contributed by atoms with van der Waals surface area (Å²) in [4.78, 5) is 3.38. The van der Waals surface area contributed by atoms with E-state index in [4.69, 9.17) is 4.74 Å². The Labute approximate surface area is 97.6 Å². The van der Waals surface area contributed by atoms with Gasteiger partial charge in [0.15, 0.2) is 0 Å². The fourth-order valence-electron chi connectivity index (χ4n) is 1.93. The lowest BCUT2D eigenvalue weighted by Gasteiger charge is -2.15. The van der Waals surface area contributed by atoms with Crippen molar-refractivity contribution < 1.29 is 4.74 Å². The number of ether oxygens (including phenoxy) is 1. The highest BCUT2D eigenvalue weighted by Crippen LogP contribution is 2.41. The van der Waals surface area contributed by atoms with Gasteiger partial charge in [-0.15, -0.1) is 11.3 Å². The molecule has 0 spiro atoms. The zero-order chi connectivity index (χ0) is 10.1. The van der Waals surface area contributed by atoms with Crippen molar-refractivity contribution in [3.8, 4) is 0 Å². The van der Waals surface area contributed by atoms with Crippen LogP contribution in [0.3, 0.4) is 0 Å². The fourth-order valence-corrected chi connectivity index (χ4v) is 4.10. The Morgan fingerprint density at radius 2 is 2.36 bits per heavy atom. The number of thiophene rings is 1. The molecule has 1 aromatic heterocycles. The van der Waals surface area contributed by atoms with Crippen LogP contribution in [0.25, 0.3) is 0 Å². The first-order valence-corrected chi connectivity index (χ1v) is 6.70. The minimum Gasteiger partial charge on any atom is -0.381 e. The highest BCUT2D eigenvalue weighted by molar-refractivity contribution is 9.09. The number of halogens is 1. The summed E-state index contributed by atoms with van der Waals surface area (Å²) in [5.41, 5.74) is 1.42. The third kappa shape index (κ3) is 2.05. The van der Waals surface area contributed by atoms with Gasteiger partial charge in [0.25, 0.3) is 0 Å². The van der Waals surface area contributed by atoms with Gasteiger partial charge >= 0.3 is 0 Å². The Morgan fingerprint density at radius 1 is 1.57 bits per heavy atom. The Balaban J connectivity index is 2.17. The van der Waals surface area contributed by atoms with Gasteiger partial charge in [-0.2, -0.15) is 0 Å². The van der Waals surface area contributed by atoms with E-state index in [-0.39, 0.29) is 0 Å². The minimum atomic E-state index is 0.490. The van der Waals surface area contributed by atoms with Gasteiger partial charge in [-0.05, 0) is 31.9 Å². The molecule has 2 heterocycles. The zero-order valence-electron chi connectivity index (χ0n) is 8.55. The first-order valence-electron chi connectivity index (χ1n) is 4.97. The summed E-state index contributed by atoms with van der Waals surface area (Å²) in [6.45, 7) is 6.21. The highest BCUT2D eigenvalue weighted by atomic mass is 79.9. The van der Waals surface area contributed by atoms with Gasteiger partial charge in [0, 0.05) is 22.3 Å². The standard InChI is InChI=1S/C11H15BrOS/c1-7-5-8(2)14-11(7)10(12)9-3-4-13-6-9/h5,9-10H,3-4,6H2,1-2H3. The van der Waals surface area contributed by atoms with Gasteiger partial charge in [-0.1, -0.05) is 15.9 Å². The fraction of sp³-hybridized carbons (Fsp3) is 0.636. The van der Waals surface area contributed by atoms with Crippen molar-refractivity contribution in [2.24, 2.45) is 5.92 Å². The second kappa shape index (κ2) is 4.33. The van der Waals surface area contributed by atoms with Crippen molar-refractivity contribution in [3.05, 3.63) is 21.4 Å². The summed E-state index contributed by atoms with van der Waals surface area (Å²) in [5.74, 6) is 0.659. The van der Waals surface area contributed by atoms with Crippen molar-refractivity contribution >= 4 is 27.3 Å². The molecule has 1 aliphatic heterocycles. The molecule has 0 amide bonds. The molecule has 1 aromatic rings. The van der Waals surface area contributed by atoms with Crippen LogP contribution in [0.2, 0.25) is 0 Å². The SMILES string of the molecule is Cc1cc(C)c(C(Br)C2CCOC2)s1. The summed E-state index contributed by atoms with van der Waals surface area (Å²) in [5, 5.41) is 0. The molecule has 0 saturated carbocycles. The third-order valence-electron chi connectivity index (χ3n) is 2.71. The maximum atomic E-state index is 5.42. The summed E-state index contributed by atoms with van der Waals surface area (Å²) in [6.07, 6.45) is 1.19. The van der Waals surface area contributed by atoms with E-state index < -0.39 is 0 Å². The molecule has 0 aromatic carbocycles. The van der Waals surface area contributed by atoms with Crippen molar-refractivity contribution in [2.75, 3.05) is 13.2 Å². The molecule has 14 heavy (non-hydrogen) atoms. The number of hydrogen-bond donors (Lipinski definition) is 0. The Kier molecular flexibility index (Phi) is 3.30. The molecule has 1 saturated heterocycles. The molecule has 0 aliphatic carbocycles. The average molecular weight is 275 g/mol. The molecule has 3 heteroatoms. The van der Waals surface area contributed by atoms with Gasteiger partial charge in [0.1, 0.15) is 0 Å². The third-order valence-corrected chi connectivity index (χ3v) is 5.45. The summed E-state index contributed by atoms with van der Waals surface area (Å²) in [7, 11) is 0. The zero-order valence-corrected chi connectivity index (χ0v) is 11.0. The summed E-state index contributed by atoms with van der Waals surface area (Å²) in [6, 6.07) is 2.27. The normalized spacial score (nSPS) is 24.1. The van der Waals surface area contributed by atoms with E-state index in [1.807, 2.05) is 11.3 Å². The lowest BCUT2D eigenvalue weighted by atomic mass is 10.0. The predicted octanol–water partition coefficient (Wildman–Crippen LogP) is 3.84. The number of rotatable bonds is 2. The molecule has 1 fully saturated rings. The van der Waals surface area contributed by atoms with E-state index in [0.717, 1.165) is 13.2 Å². The molecule has 1 aliphatic rings. The van der Waals surface area contributed by atoms with Crippen LogP contribution in [0.15, 0.2) is 6.07 Å². The van der Waals surface area contributed by atoms with Crippen LogP contribution in [0.5, 0.6) is 0 Å². The van der Waals surface area contributed by atoms with E-state index in [1.165, 1.54) is 21.7 Å². The van der Waals surface area contributed by atoms with Crippen LogP contribution in [0, 0.1) is 19.8 Å². The number of aryl methyl sites for hydroxylation is 2. The van der Waals surface area contributed by atoms with E-state index in [1.54, 1.807) is 0 Å². The maximum absolute atomic E-state index is 5.42. The van der Waals surface area contributed by atoms with Crippen LogP contribution in [-0.4, -0.2) is 13.2 Å². The van der Waals surface area contributed by atoms with Gasteiger partial charge in [-0.25, -0.2) is 0 Å². The molecule has 2 atom stereocenters. The first-order chi connectivity index (χ1) is 6.68. The Hall–Kier alpha value is 0.140. The van der Waals surface area contributed by atoms with Crippen molar-refractivity contribution in [1.82, 2.24) is 0 Å². The molecule has 2 unspecified atom stereocenters. The highest BCUT2D eigenvalue weighted by Gasteiger charge is 2.26. The van der Waals surface area contributed by atoms with Gasteiger partial charge in [0.2, 0.25) is 0 Å². The maximum Gasteiger partial charge on any atom is 0.0542 e. The van der Waals surface area contributed by atoms with Crippen molar-refractivity contribution in [2.45, 2.75) is 25.1 Å². The predicted molar refractivity (Wildman–Crippen MR) is 64.4 cm³/mol. The van der Waals surface area contributed by atoms with Crippen LogP contribution in [-0.2, 0) is 4.74 Å². The summed E-state index contributed by atoms with van der Waals surface area (Å²) >= 11 is 5.71. The molecular weight excluding hydrogens is 260 g/mol. The number of hydrogen-bond acceptors (Lipinski definition) is 2. The second-order valence-electron chi connectivity index (χ2n) is 3.93.